The molecule has 2 rings (SSSR count). The smallest absolute Gasteiger partial charge is 0.0806 e. The summed E-state index contributed by atoms with van der Waals surface area (Å²) in [7, 11) is 1.70. The minimum absolute atomic E-state index is 0.0889. The third-order valence-corrected chi connectivity index (χ3v) is 4.58. The minimum Gasteiger partial charge on any atom is -0.382 e. The van der Waals surface area contributed by atoms with E-state index in [1.165, 1.54) is 51.4 Å². The van der Waals surface area contributed by atoms with Gasteiger partial charge in [-0.05, 0) is 32.1 Å². The molecule has 0 aromatic rings. The zero-order chi connectivity index (χ0) is 14.8. The Morgan fingerprint density at radius 2 is 1.71 bits per heavy atom. The first-order chi connectivity index (χ1) is 10.3. The minimum atomic E-state index is 0.0889. The molecule has 2 aliphatic carbocycles. The summed E-state index contributed by atoms with van der Waals surface area (Å²) in [5.74, 6) is 0. The van der Waals surface area contributed by atoms with Crippen LogP contribution in [-0.4, -0.2) is 51.7 Å². The van der Waals surface area contributed by atoms with E-state index in [0.717, 1.165) is 32.2 Å². The number of nitrogens with one attached hydrogen (secondary N) is 1. The largest absolute Gasteiger partial charge is 0.382 e. The van der Waals surface area contributed by atoms with Gasteiger partial charge in [0, 0.05) is 32.9 Å². The maximum Gasteiger partial charge on any atom is 0.0806 e. The molecule has 0 aromatic carbocycles. The summed E-state index contributed by atoms with van der Waals surface area (Å²) in [6.07, 6.45) is 11.5. The van der Waals surface area contributed by atoms with Crippen LogP contribution in [-0.2, 0) is 14.2 Å². The van der Waals surface area contributed by atoms with Crippen molar-refractivity contribution in [2.24, 2.45) is 0 Å². The number of ether oxygens (including phenoxy) is 3. The Bertz CT molecular complexity index is 261. The molecule has 0 atom stereocenters. The molecule has 0 aliphatic heterocycles. The van der Waals surface area contributed by atoms with Crippen molar-refractivity contribution in [2.75, 3.05) is 40.1 Å². The fourth-order valence-corrected chi connectivity index (χ4v) is 3.06. The summed E-state index contributed by atoms with van der Waals surface area (Å²) in [5, 5.41) is 3.69. The van der Waals surface area contributed by atoms with Crippen LogP contribution in [0.15, 0.2) is 0 Å². The highest BCUT2D eigenvalue weighted by Gasteiger charge is 2.33. The maximum atomic E-state index is 6.36. The highest BCUT2D eigenvalue weighted by atomic mass is 16.5. The topological polar surface area (TPSA) is 39.7 Å². The van der Waals surface area contributed by atoms with E-state index < -0.39 is 0 Å². The average Bonchev–Trinajstić information content (AvgIpc) is 3.32. The lowest BCUT2D eigenvalue weighted by Crippen LogP contribution is -2.44. The van der Waals surface area contributed by atoms with Gasteiger partial charge in [-0.2, -0.15) is 0 Å². The molecular formula is C17H33NO3. The molecule has 0 spiro atoms. The number of hydrogen-bond donors (Lipinski definition) is 1. The Morgan fingerprint density at radius 1 is 0.952 bits per heavy atom. The van der Waals surface area contributed by atoms with Gasteiger partial charge in [-0.3, -0.25) is 0 Å². The van der Waals surface area contributed by atoms with Gasteiger partial charge in [0.05, 0.1) is 18.8 Å². The zero-order valence-corrected chi connectivity index (χ0v) is 13.7. The third kappa shape index (κ3) is 7.09. The van der Waals surface area contributed by atoms with E-state index in [-0.39, 0.29) is 5.60 Å². The summed E-state index contributed by atoms with van der Waals surface area (Å²) in [5.41, 5.74) is 0.0889. The third-order valence-electron chi connectivity index (χ3n) is 4.58. The van der Waals surface area contributed by atoms with Crippen LogP contribution in [0.1, 0.15) is 57.8 Å². The standard InChI is InChI=1S/C17H33NO3/c1-19-13-14-20-11-6-12-21-17(15-18-16-7-8-16)9-4-2-3-5-10-17/h16,18H,2-15H2,1H3. The van der Waals surface area contributed by atoms with Crippen LogP contribution < -0.4 is 5.32 Å². The molecule has 4 nitrogen and oxygen atoms in total. The quantitative estimate of drug-likeness (QED) is 0.470. The van der Waals surface area contributed by atoms with E-state index in [4.69, 9.17) is 14.2 Å². The van der Waals surface area contributed by atoms with Crippen molar-refractivity contribution in [1.82, 2.24) is 5.32 Å². The molecule has 2 fully saturated rings. The molecule has 124 valence electrons. The molecule has 0 unspecified atom stereocenters. The van der Waals surface area contributed by atoms with Crippen LogP contribution in [0.3, 0.4) is 0 Å². The Hall–Kier alpha value is -0.160. The molecular weight excluding hydrogens is 266 g/mol. The monoisotopic (exact) mass is 299 g/mol. The van der Waals surface area contributed by atoms with Crippen molar-refractivity contribution in [2.45, 2.75) is 69.4 Å². The number of methoxy groups -OCH3 is 1. The van der Waals surface area contributed by atoms with Gasteiger partial charge < -0.3 is 19.5 Å². The Labute approximate surface area is 129 Å². The Kier molecular flexibility index (Phi) is 8.01. The summed E-state index contributed by atoms with van der Waals surface area (Å²) in [4.78, 5) is 0. The van der Waals surface area contributed by atoms with Crippen LogP contribution in [0, 0.1) is 0 Å². The van der Waals surface area contributed by atoms with Crippen LogP contribution in [0.5, 0.6) is 0 Å². The van der Waals surface area contributed by atoms with E-state index in [9.17, 15) is 0 Å². The Balaban J connectivity index is 1.65. The molecule has 0 bridgehead atoms. The fourth-order valence-electron chi connectivity index (χ4n) is 3.06. The molecule has 0 aromatic heterocycles. The van der Waals surface area contributed by atoms with Crippen LogP contribution in [0.2, 0.25) is 0 Å². The first-order valence-electron chi connectivity index (χ1n) is 8.79. The summed E-state index contributed by atoms with van der Waals surface area (Å²) < 4.78 is 16.8. The molecule has 0 saturated heterocycles. The predicted molar refractivity (Wildman–Crippen MR) is 84.7 cm³/mol. The predicted octanol–water partition coefficient (Wildman–Crippen LogP) is 2.90. The van der Waals surface area contributed by atoms with Crippen molar-refractivity contribution < 1.29 is 14.2 Å². The second-order valence-corrected chi connectivity index (χ2v) is 6.56. The summed E-state index contributed by atoms with van der Waals surface area (Å²) in [6, 6.07) is 0.770. The average molecular weight is 299 g/mol. The molecule has 0 amide bonds. The van der Waals surface area contributed by atoms with Gasteiger partial charge >= 0.3 is 0 Å². The molecule has 21 heavy (non-hydrogen) atoms. The molecule has 2 saturated carbocycles. The lowest BCUT2D eigenvalue weighted by atomic mass is 9.94. The lowest BCUT2D eigenvalue weighted by molar-refractivity contribution is -0.0623. The SMILES string of the molecule is COCCOCCCOC1(CNC2CC2)CCCCCC1. The van der Waals surface area contributed by atoms with Crippen molar-refractivity contribution in [3.8, 4) is 0 Å². The van der Waals surface area contributed by atoms with E-state index in [2.05, 4.69) is 5.32 Å². The zero-order valence-electron chi connectivity index (χ0n) is 13.7. The van der Waals surface area contributed by atoms with E-state index in [1.54, 1.807) is 7.11 Å². The van der Waals surface area contributed by atoms with Crippen LogP contribution >= 0.6 is 0 Å². The van der Waals surface area contributed by atoms with Crippen LogP contribution in [0.25, 0.3) is 0 Å². The highest BCUT2D eigenvalue weighted by molar-refractivity contribution is 4.90. The van der Waals surface area contributed by atoms with Crippen molar-refractivity contribution in [1.29, 1.82) is 0 Å². The van der Waals surface area contributed by atoms with Gasteiger partial charge in [-0.1, -0.05) is 25.7 Å². The van der Waals surface area contributed by atoms with Crippen LogP contribution in [0.4, 0.5) is 0 Å². The molecule has 0 radical (unpaired) electrons. The highest BCUT2D eigenvalue weighted by Crippen LogP contribution is 2.31. The number of rotatable bonds is 11. The van der Waals surface area contributed by atoms with Gasteiger partial charge in [-0.25, -0.2) is 0 Å². The van der Waals surface area contributed by atoms with Gasteiger partial charge in [-0.15, -0.1) is 0 Å². The van der Waals surface area contributed by atoms with Gasteiger partial charge in [0.2, 0.25) is 0 Å². The van der Waals surface area contributed by atoms with Crippen molar-refractivity contribution >= 4 is 0 Å². The van der Waals surface area contributed by atoms with Gasteiger partial charge in [0.25, 0.3) is 0 Å². The van der Waals surface area contributed by atoms with Gasteiger partial charge in [0.1, 0.15) is 0 Å². The number of hydrogen-bond acceptors (Lipinski definition) is 4. The lowest BCUT2D eigenvalue weighted by Gasteiger charge is -2.33. The Morgan fingerprint density at radius 3 is 2.38 bits per heavy atom. The van der Waals surface area contributed by atoms with Crippen molar-refractivity contribution in [3.63, 3.8) is 0 Å². The molecule has 0 heterocycles. The first kappa shape index (κ1) is 17.2. The van der Waals surface area contributed by atoms with E-state index in [1.807, 2.05) is 0 Å². The van der Waals surface area contributed by atoms with E-state index >= 15 is 0 Å². The fraction of sp³-hybridized carbons (Fsp3) is 1.00. The van der Waals surface area contributed by atoms with Gasteiger partial charge in [0.15, 0.2) is 0 Å². The first-order valence-corrected chi connectivity index (χ1v) is 8.79. The summed E-state index contributed by atoms with van der Waals surface area (Å²) >= 11 is 0. The second kappa shape index (κ2) is 9.78. The van der Waals surface area contributed by atoms with E-state index in [0.29, 0.717) is 13.2 Å². The maximum absolute atomic E-state index is 6.36. The molecule has 4 heteroatoms. The second-order valence-electron chi connectivity index (χ2n) is 6.56. The summed E-state index contributed by atoms with van der Waals surface area (Å²) in [6.45, 7) is 4.00. The van der Waals surface area contributed by atoms with Crippen molar-refractivity contribution in [3.05, 3.63) is 0 Å². The normalized spacial score (nSPS) is 22.1. The molecule has 1 N–H and O–H groups in total. The molecule has 2 aliphatic rings.